The third-order valence-corrected chi connectivity index (χ3v) is 7.14. The van der Waals surface area contributed by atoms with Crippen LogP contribution in [0.4, 0.5) is 19.0 Å². The van der Waals surface area contributed by atoms with Crippen LogP contribution in [0.1, 0.15) is 44.3 Å². The molecule has 4 atom stereocenters. The molecule has 2 unspecified atom stereocenters. The Morgan fingerprint density at radius 3 is 2.44 bits per heavy atom. The summed E-state index contributed by atoms with van der Waals surface area (Å²) in [5.41, 5.74) is 7.76. The molecule has 1 aliphatic heterocycles. The third-order valence-electron chi connectivity index (χ3n) is 7.14. The van der Waals surface area contributed by atoms with Crippen molar-refractivity contribution in [3.63, 3.8) is 0 Å². The van der Waals surface area contributed by atoms with Crippen molar-refractivity contribution in [3.05, 3.63) is 24.0 Å². The van der Waals surface area contributed by atoms with Crippen molar-refractivity contribution in [1.29, 1.82) is 0 Å². The van der Waals surface area contributed by atoms with Gasteiger partial charge in [-0.15, -0.1) is 13.2 Å². The Bertz CT molecular complexity index is 990. The summed E-state index contributed by atoms with van der Waals surface area (Å²) in [7, 11) is 1.77. The van der Waals surface area contributed by atoms with Crippen molar-refractivity contribution in [1.82, 2.24) is 19.7 Å². The van der Waals surface area contributed by atoms with Crippen LogP contribution in [0.2, 0.25) is 0 Å². The summed E-state index contributed by atoms with van der Waals surface area (Å²) >= 11 is 0. The number of ether oxygens (including phenoxy) is 2. The molecule has 2 aromatic rings. The van der Waals surface area contributed by atoms with Gasteiger partial charge in [0, 0.05) is 55.7 Å². The van der Waals surface area contributed by atoms with Gasteiger partial charge in [-0.1, -0.05) is 0 Å². The third kappa shape index (κ3) is 3.83. The SMILES string of the molecule is COC1CN(C2C[C@@H]3C(c4cc(-c5cnc(N)c(OC(F)(F)F)c5)nn4C(C)C)[C@@H]3C2)C1. The van der Waals surface area contributed by atoms with Crippen molar-refractivity contribution in [2.45, 2.75) is 57.2 Å². The normalized spacial score (nSPS) is 28.1. The second kappa shape index (κ2) is 7.62. The molecule has 3 fully saturated rings. The molecule has 0 aromatic carbocycles. The summed E-state index contributed by atoms with van der Waals surface area (Å²) in [6.07, 6.45) is -0.671. The zero-order valence-corrected chi connectivity index (χ0v) is 18.3. The molecule has 0 spiro atoms. The quantitative estimate of drug-likeness (QED) is 0.719. The summed E-state index contributed by atoms with van der Waals surface area (Å²) in [5.74, 6) is 0.904. The maximum Gasteiger partial charge on any atom is 0.573 e. The molecule has 1 saturated heterocycles. The van der Waals surface area contributed by atoms with E-state index in [0.717, 1.165) is 18.8 Å². The van der Waals surface area contributed by atoms with Gasteiger partial charge < -0.3 is 15.2 Å². The highest BCUT2D eigenvalue weighted by molar-refractivity contribution is 5.64. The van der Waals surface area contributed by atoms with Crippen LogP contribution >= 0.6 is 0 Å². The van der Waals surface area contributed by atoms with E-state index in [4.69, 9.17) is 15.6 Å². The van der Waals surface area contributed by atoms with Crippen molar-refractivity contribution in [2.24, 2.45) is 11.8 Å². The Hall–Kier alpha value is -2.33. The van der Waals surface area contributed by atoms with E-state index in [1.807, 2.05) is 10.7 Å². The molecular formula is C22H28F3N5O2. The summed E-state index contributed by atoms with van der Waals surface area (Å²) in [5, 5.41) is 4.71. The molecular weight excluding hydrogens is 423 g/mol. The van der Waals surface area contributed by atoms with Gasteiger partial charge in [-0.25, -0.2) is 4.98 Å². The first-order chi connectivity index (χ1) is 15.1. The molecule has 0 amide bonds. The van der Waals surface area contributed by atoms with Gasteiger partial charge in [0.25, 0.3) is 0 Å². The van der Waals surface area contributed by atoms with Crippen molar-refractivity contribution in [2.75, 3.05) is 25.9 Å². The van der Waals surface area contributed by atoms with Gasteiger partial charge in [0.15, 0.2) is 11.6 Å². The van der Waals surface area contributed by atoms with Crippen molar-refractivity contribution < 1.29 is 22.6 Å². The van der Waals surface area contributed by atoms with E-state index in [1.54, 1.807) is 7.11 Å². The maximum atomic E-state index is 12.7. The standard InChI is InChI=1S/C22H28F3N5O2/c1-11(2)30-18(20-15-5-13(6-16(15)20)29-9-14(10-29)31-3)7-17(28-30)12-4-19(21(26)27-8-12)32-22(23,24)25/h4,7-8,11,13-16,20H,5-6,9-10H2,1-3H3,(H2,26,27)/t13?,15-,16+,20?. The molecule has 3 heterocycles. The minimum atomic E-state index is -4.83. The van der Waals surface area contributed by atoms with Gasteiger partial charge in [0.1, 0.15) is 0 Å². The predicted octanol–water partition coefficient (Wildman–Crippen LogP) is 3.83. The van der Waals surface area contributed by atoms with Crippen molar-refractivity contribution in [3.8, 4) is 17.0 Å². The summed E-state index contributed by atoms with van der Waals surface area (Å²) in [4.78, 5) is 6.41. The number of nitrogen functional groups attached to an aromatic ring is 1. The summed E-state index contributed by atoms with van der Waals surface area (Å²) < 4.78 is 49.5. The number of methoxy groups -OCH3 is 1. The Balaban J connectivity index is 1.35. The van der Waals surface area contributed by atoms with Crippen LogP contribution in [0.25, 0.3) is 11.3 Å². The molecule has 2 aliphatic carbocycles. The number of pyridine rings is 1. The van der Waals surface area contributed by atoms with Crippen LogP contribution in [-0.4, -0.2) is 58.4 Å². The van der Waals surface area contributed by atoms with Gasteiger partial charge in [0.05, 0.1) is 11.8 Å². The lowest BCUT2D eigenvalue weighted by atomic mass is 9.99. The number of halogens is 3. The smallest absolute Gasteiger partial charge is 0.402 e. The molecule has 10 heteroatoms. The summed E-state index contributed by atoms with van der Waals surface area (Å²) in [6, 6.07) is 4.02. The van der Waals surface area contributed by atoms with Gasteiger partial charge >= 0.3 is 6.36 Å². The van der Waals surface area contributed by atoms with Crippen LogP contribution < -0.4 is 10.5 Å². The van der Waals surface area contributed by atoms with Crippen LogP contribution in [0.3, 0.4) is 0 Å². The Labute approximate surface area is 184 Å². The fourth-order valence-electron chi connectivity index (χ4n) is 5.48. The summed E-state index contributed by atoms with van der Waals surface area (Å²) in [6.45, 7) is 6.16. The fourth-order valence-corrected chi connectivity index (χ4v) is 5.48. The first kappa shape index (κ1) is 21.5. The zero-order chi connectivity index (χ0) is 22.8. The molecule has 3 aliphatic rings. The fraction of sp³-hybridized carbons (Fsp3) is 0.636. The number of likely N-dealkylation sites (tertiary alicyclic amines) is 1. The molecule has 0 radical (unpaired) electrons. The number of fused-ring (bicyclic) bond motifs is 1. The van der Waals surface area contributed by atoms with Gasteiger partial charge in [0.2, 0.25) is 0 Å². The first-order valence-corrected chi connectivity index (χ1v) is 11.0. The number of hydrogen-bond donors (Lipinski definition) is 1. The van der Waals surface area contributed by atoms with E-state index in [0.29, 0.717) is 41.2 Å². The molecule has 174 valence electrons. The van der Waals surface area contributed by atoms with Gasteiger partial charge in [-0.05, 0) is 50.7 Å². The second-order valence-corrected chi connectivity index (χ2v) is 9.44. The Morgan fingerprint density at radius 1 is 1.16 bits per heavy atom. The number of nitrogens with zero attached hydrogens (tertiary/aromatic N) is 4. The highest BCUT2D eigenvalue weighted by atomic mass is 19.4. The van der Waals surface area contributed by atoms with Crippen LogP contribution in [0.5, 0.6) is 5.75 Å². The molecule has 7 nitrogen and oxygen atoms in total. The highest BCUT2D eigenvalue weighted by Crippen LogP contribution is 2.64. The van der Waals surface area contributed by atoms with Crippen molar-refractivity contribution >= 4 is 5.82 Å². The lowest BCUT2D eigenvalue weighted by Crippen LogP contribution is -2.55. The molecule has 0 bridgehead atoms. The topological polar surface area (TPSA) is 78.4 Å². The molecule has 2 N–H and O–H groups in total. The first-order valence-electron chi connectivity index (χ1n) is 11.0. The van der Waals surface area contributed by atoms with E-state index in [1.165, 1.54) is 25.1 Å². The average Bonchev–Trinajstić information content (AvgIpc) is 3.04. The van der Waals surface area contributed by atoms with E-state index in [-0.39, 0.29) is 11.9 Å². The molecule has 2 aromatic heterocycles. The second-order valence-electron chi connectivity index (χ2n) is 9.44. The zero-order valence-electron chi connectivity index (χ0n) is 18.3. The highest BCUT2D eigenvalue weighted by Gasteiger charge is 2.59. The lowest BCUT2D eigenvalue weighted by molar-refractivity contribution is -0.274. The number of alkyl halides is 3. The molecule has 32 heavy (non-hydrogen) atoms. The lowest BCUT2D eigenvalue weighted by Gasteiger charge is -2.43. The Kier molecular flexibility index (Phi) is 5.12. The Morgan fingerprint density at radius 2 is 1.84 bits per heavy atom. The predicted molar refractivity (Wildman–Crippen MR) is 112 cm³/mol. The number of anilines is 1. The van der Waals surface area contributed by atoms with E-state index >= 15 is 0 Å². The minimum absolute atomic E-state index is 0.140. The number of rotatable bonds is 6. The van der Waals surface area contributed by atoms with Crippen LogP contribution in [-0.2, 0) is 4.74 Å². The van der Waals surface area contributed by atoms with E-state index in [2.05, 4.69) is 28.5 Å². The largest absolute Gasteiger partial charge is 0.573 e. The number of aromatic nitrogens is 3. The monoisotopic (exact) mass is 451 g/mol. The van der Waals surface area contributed by atoms with Crippen LogP contribution in [0, 0.1) is 11.8 Å². The maximum absolute atomic E-state index is 12.7. The molecule has 2 saturated carbocycles. The number of hydrogen-bond acceptors (Lipinski definition) is 6. The molecule has 5 rings (SSSR count). The van der Waals surface area contributed by atoms with E-state index < -0.39 is 12.1 Å². The average molecular weight is 451 g/mol. The van der Waals surface area contributed by atoms with E-state index in [9.17, 15) is 13.2 Å². The minimum Gasteiger partial charge on any atom is -0.402 e. The number of nitrogens with two attached hydrogens (primary N) is 1. The van der Waals surface area contributed by atoms with Crippen LogP contribution in [0.15, 0.2) is 18.3 Å². The van der Waals surface area contributed by atoms with Gasteiger partial charge in [-0.2, -0.15) is 5.10 Å². The van der Waals surface area contributed by atoms with Gasteiger partial charge in [-0.3, -0.25) is 9.58 Å².